The van der Waals surface area contributed by atoms with Gasteiger partial charge in [0, 0.05) is 6.04 Å². The summed E-state index contributed by atoms with van der Waals surface area (Å²) in [6.07, 6.45) is 1.13. The van der Waals surface area contributed by atoms with E-state index in [0.29, 0.717) is 11.5 Å². The number of hydrogen-bond donors (Lipinski definition) is 1. The number of rotatable bonds is 3. The minimum Gasteiger partial charge on any atom is -0.313 e. The van der Waals surface area contributed by atoms with Gasteiger partial charge in [0.2, 0.25) is 0 Å². The molecule has 0 bridgehead atoms. The normalized spacial score (nSPS) is 14.3. The smallest absolute Gasteiger partial charge is 0.0758 e. The highest BCUT2D eigenvalue weighted by Gasteiger charge is 2.21. The van der Waals surface area contributed by atoms with Crippen molar-refractivity contribution in [3.63, 3.8) is 0 Å². The summed E-state index contributed by atoms with van der Waals surface area (Å²) in [4.78, 5) is 0. The van der Waals surface area contributed by atoms with Gasteiger partial charge >= 0.3 is 0 Å². The van der Waals surface area contributed by atoms with Crippen LogP contribution in [0.25, 0.3) is 0 Å². The summed E-state index contributed by atoms with van der Waals surface area (Å²) in [5, 5.41) is 3.38. The van der Waals surface area contributed by atoms with Gasteiger partial charge in [0.25, 0.3) is 0 Å². The third-order valence-electron chi connectivity index (χ3n) is 2.22. The summed E-state index contributed by atoms with van der Waals surface area (Å²) in [5.41, 5.74) is 1.69. The molecule has 1 N–H and O–H groups in total. The minimum absolute atomic E-state index is 0.335. The van der Waals surface area contributed by atoms with Crippen LogP contribution in [0.2, 0.25) is 0 Å². The van der Waals surface area contributed by atoms with E-state index < -0.39 is 0 Å². The van der Waals surface area contributed by atoms with Crippen LogP contribution in [0.1, 0.15) is 38.8 Å². The Bertz CT molecular complexity index is 328. The van der Waals surface area contributed by atoms with Crippen molar-refractivity contribution < 1.29 is 0 Å². The second kappa shape index (κ2) is 5.30. The van der Waals surface area contributed by atoms with E-state index in [0.717, 1.165) is 6.42 Å². The van der Waals surface area contributed by atoms with Gasteiger partial charge in [-0.1, -0.05) is 20.8 Å². The monoisotopic (exact) mass is 353 g/mol. The molecule has 4 heteroatoms. The molecule has 1 aromatic rings. The first kappa shape index (κ1) is 13.7. The lowest BCUT2D eigenvalue weighted by molar-refractivity contribution is 0.320. The Balaban J connectivity index is 2.88. The lowest BCUT2D eigenvalue weighted by Crippen LogP contribution is -2.22. The van der Waals surface area contributed by atoms with Gasteiger partial charge < -0.3 is 5.32 Å². The SMILES string of the molecule is CNC(CC(C)(C)C)c1cc(Br)sc1Br. The van der Waals surface area contributed by atoms with Gasteiger partial charge in [-0.25, -0.2) is 0 Å². The van der Waals surface area contributed by atoms with E-state index in [1.165, 1.54) is 13.1 Å². The quantitative estimate of drug-likeness (QED) is 0.807. The molecule has 1 atom stereocenters. The minimum atomic E-state index is 0.335. The van der Waals surface area contributed by atoms with Crippen LogP contribution < -0.4 is 5.32 Å². The number of halogens is 2. The second-order valence-electron chi connectivity index (χ2n) is 4.89. The first-order valence-corrected chi connectivity index (χ1v) is 7.36. The first-order chi connectivity index (χ1) is 6.83. The molecular weight excluding hydrogens is 338 g/mol. The van der Waals surface area contributed by atoms with Gasteiger partial charge in [-0.15, -0.1) is 11.3 Å². The Morgan fingerprint density at radius 1 is 1.40 bits per heavy atom. The zero-order valence-corrected chi connectivity index (χ0v) is 13.5. The molecule has 0 radical (unpaired) electrons. The average molecular weight is 355 g/mol. The van der Waals surface area contributed by atoms with Crippen molar-refractivity contribution in [1.82, 2.24) is 5.32 Å². The van der Waals surface area contributed by atoms with Crippen LogP contribution in [-0.4, -0.2) is 7.05 Å². The van der Waals surface area contributed by atoms with Gasteiger partial charge in [0.05, 0.1) is 7.57 Å². The molecule has 0 aromatic carbocycles. The van der Waals surface area contributed by atoms with E-state index in [4.69, 9.17) is 0 Å². The molecule has 0 saturated heterocycles. The van der Waals surface area contributed by atoms with Crippen molar-refractivity contribution in [3.8, 4) is 0 Å². The Kier molecular flexibility index (Phi) is 4.84. The summed E-state index contributed by atoms with van der Waals surface area (Å²) in [5.74, 6) is 0. The van der Waals surface area contributed by atoms with Crippen LogP contribution >= 0.6 is 43.2 Å². The van der Waals surface area contributed by atoms with Crippen molar-refractivity contribution >= 4 is 43.2 Å². The predicted molar refractivity (Wildman–Crippen MR) is 75.6 cm³/mol. The Morgan fingerprint density at radius 2 is 2.00 bits per heavy atom. The highest BCUT2D eigenvalue weighted by atomic mass is 79.9. The molecule has 0 fully saturated rings. The van der Waals surface area contributed by atoms with Crippen LogP contribution in [0.5, 0.6) is 0 Å². The highest BCUT2D eigenvalue weighted by Crippen LogP contribution is 2.39. The van der Waals surface area contributed by atoms with Crippen molar-refractivity contribution in [2.45, 2.75) is 33.2 Å². The summed E-state index contributed by atoms with van der Waals surface area (Å²) in [7, 11) is 2.02. The molecule has 0 aliphatic rings. The largest absolute Gasteiger partial charge is 0.313 e. The third-order valence-corrected chi connectivity index (χ3v) is 4.61. The molecule has 0 saturated carbocycles. The molecule has 0 spiro atoms. The fraction of sp³-hybridized carbons (Fsp3) is 0.636. The number of nitrogens with one attached hydrogen (secondary N) is 1. The molecule has 0 aliphatic heterocycles. The fourth-order valence-corrected chi connectivity index (χ4v) is 4.54. The Morgan fingerprint density at radius 3 is 2.33 bits per heavy atom. The maximum atomic E-state index is 3.61. The summed E-state index contributed by atoms with van der Waals surface area (Å²) < 4.78 is 2.40. The molecular formula is C11H17Br2NS. The maximum absolute atomic E-state index is 3.61. The Hall–Kier alpha value is 0.620. The van der Waals surface area contributed by atoms with E-state index in [1.807, 2.05) is 7.05 Å². The topological polar surface area (TPSA) is 12.0 Å². The lowest BCUT2D eigenvalue weighted by Gasteiger charge is -2.25. The highest BCUT2D eigenvalue weighted by molar-refractivity contribution is 9.12. The van der Waals surface area contributed by atoms with Gasteiger partial charge in [-0.3, -0.25) is 0 Å². The number of thiophene rings is 1. The third kappa shape index (κ3) is 4.17. The van der Waals surface area contributed by atoms with Crippen molar-refractivity contribution in [2.24, 2.45) is 5.41 Å². The molecule has 0 amide bonds. The maximum Gasteiger partial charge on any atom is 0.0758 e. The Labute approximate surface area is 113 Å². The second-order valence-corrected chi connectivity index (χ2v) is 8.63. The van der Waals surface area contributed by atoms with Crippen LogP contribution in [0, 0.1) is 5.41 Å². The fourth-order valence-electron chi connectivity index (χ4n) is 1.57. The van der Waals surface area contributed by atoms with E-state index in [9.17, 15) is 0 Å². The summed E-state index contributed by atoms with van der Waals surface area (Å²) in [6, 6.07) is 2.61. The number of hydrogen-bond acceptors (Lipinski definition) is 2. The first-order valence-electron chi connectivity index (χ1n) is 4.95. The molecule has 1 nitrogen and oxygen atoms in total. The molecule has 86 valence electrons. The van der Waals surface area contributed by atoms with Crippen LogP contribution in [0.15, 0.2) is 13.6 Å². The van der Waals surface area contributed by atoms with E-state index in [2.05, 4.69) is 64.0 Å². The molecule has 15 heavy (non-hydrogen) atoms. The van der Waals surface area contributed by atoms with Crippen molar-refractivity contribution in [2.75, 3.05) is 7.05 Å². The van der Waals surface area contributed by atoms with Gasteiger partial charge in [0.15, 0.2) is 0 Å². The van der Waals surface area contributed by atoms with Gasteiger partial charge in [-0.2, -0.15) is 0 Å². The predicted octanol–water partition coefficient (Wildman–Crippen LogP) is 4.97. The average Bonchev–Trinajstić information content (AvgIpc) is 2.39. The molecule has 1 heterocycles. The molecule has 1 aromatic heterocycles. The van der Waals surface area contributed by atoms with Crippen LogP contribution in [0.3, 0.4) is 0 Å². The zero-order valence-electron chi connectivity index (χ0n) is 9.53. The summed E-state index contributed by atoms with van der Waals surface area (Å²) >= 11 is 8.87. The van der Waals surface area contributed by atoms with E-state index in [-0.39, 0.29) is 0 Å². The lowest BCUT2D eigenvalue weighted by atomic mass is 9.86. The van der Waals surface area contributed by atoms with Crippen molar-refractivity contribution in [3.05, 3.63) is 19.2 Å². The van der Waals surface area contributed by atoms with Crippen LogP contribution in [-0.2, 0) is 0 Å². The molecule has 1 unspecified atom stereocenters. The summed E-state index contributed by atoms with van der Waals surface area (Å²) in [6.45, 7) is 6.81. The molecule has 1 rings (SSSR count). The van der Waals surface area contributed by atoms with E-state index >= 15 is 0 Å². The van der Waals surface area contributed by atoms with E-state index in [1.54, 1.807) is 11.3 Å². The zero-order chi connectivity index (χ0) is 11.6. The van der Waals surface area contributed by atoms with Crippen LogP contribution in [0.4, 0.5) is 0 Å². The van der Waals surface area contributed by atoms with Crippen molar-refractivity contribution in [1.29, 1.82) is 0 Å². The van der Waals surface area contributed by atoms with Gasteiger partial charge in [-0.05, 0) is 62.4 Å². The standard InChI is InChI=1S/C11H17Br2NS/c1-11(2,3)6-8(14-4)7-5-9(12)15-10(7)13/h5,8,14H,6H2,1-4H3. The molecule has 0 aliphatic carbocycles. The van der Waals surface area contributed by atoms with Gasteiger partial charge in [0.1, 0.15) is 0 Å².